The summed E-state index contributed by atoms with van der Waals surface area (Å²) in [6.45, 7) is 2.24. The van der Waals surface area contributed by atoms with Crippen molar-refractivity contribution in [1.29, 1.82) is 0 Å². The number of benzene rings is 3. The molecule has 3 aromatic carbocycles. The van der Waals surface area contributed by atoms with E-state index in [4.69, 9.17) is 15.2 Å². The number of phenols is 1. The molecule has 0 unspecified atom stereocenters. The maximum Gasteiger partial charge on any atom is 0.434 e. The Hall–Kier alpha value is -4.27. The zero-order chi connectivity index (χ0) is 25.2. The zero-order valence-corrected chi connectivity index (χ0v) is 18.9. The van der Waals surface area contributed by atoms with Gasteiger partial charge in [-0.05, 0) is 42.3 Å². The van der Waals surface area contributed by atoms with Crippen LogP contribution >= 0.6 is 0 Å². The lowest BCUT2D eigenvalue weighted by molar-refractivity contribution is -0.140. The molecule has 0 fully saturated rings. The highest BCUT2D eigenvalue weighted by Crippen LogP contribution is 2.44. The van der Waals surface area contributed by atoms with Crippen LogP contribution in [0.4, 0.5) is 19.1 Å². The third-order valence-electron chi connectivity index (χ3n) is 5.32. The summed E-state index contributed by atoms with van der Waals surface area (Å²) in [5.41, 5.74) is 6.26. The number of alkyl halides is 3. The molecule has 0 saturated heterocycles. The molecule has 0 bridgehead atoms. The van der Waals surface area contributed by atoms with Crippen LogP contribution in [0.15, 0.2) is 66.7 Å². The molecule has 0 saturated carbocycles. The highest BCUT2D eigenvalue weighted by Gasteiger charge is 2.38. The zero-order valence-electron chi connectivity index (χ0n) is 18.9. The first kappa shape index (κ1) is 23.9. The number of aromatic hydroxyl groups is 1. The standard InChI is InChI=1S/C26H22F3N3O3/c1-15-3-5-16(6-4-15)14-35-19-11-12-20(21(33)13-19)23-22(17-7-9-18(34-2)10-8-17)24(26(27,28)29)32-25(30)31-23/h3-13,33H,14H2,1-2H3,(H2,30,31,32). The van der Waals surface area contributed by atoms with E-state index in [0.717, 1.165) is 11.1 Å². The van der Waals surface area contributed by atoms with Gasteiger partial charge in [-0.15, -0.1) is 0 Å². The van der Waals surface area contributed by atoms with Crippen LogP contribution in [0, 0.1) is 6.92 Å². The fourth-order valence-electron chi connectivity index (χ4n) is 3.56. The normalized spacial score (nSPS) is 11.3. The molecule has 0 atom stereocenters. The molecule has 0 spiro atoms. The van der Waals surface area contributed by atoms with Gasteiger partial charge in [-0.1, -0.05) is 42.0 Å². The van der Waals surface area contributed by atoms with Gasteiger partial charge in [0.15, 0.2) is 5.69 Å². The van der Waals surface area contributed by atoms with Gasteiger partial charge in [-0.3, -0.25) is 0 Å². The number of phenolic OH excluding ortho intramolecular Hbond substituents is 1. The van der Waals surface area contributed by atoms with Crippen LogP contribution in [0.1, 0.15) is 16.8 Å². The van der Waals surface area contributed by atoms with E-state index >= 15 is 0 Å². The molecule has 0 aliphatic heterocycles. The summed E-state index contributed by atoms with van der Waals surface area (Å²) < 4.78 is 52.7. The third-order valence-corrected chi connectivity index (χ3v) is 5.32. The molecule has 0 aliphatic rings. The lowest BCUT2D eigenvalue weighted by Crippen LogP contribution is -2.14. The van der Waals surface area contributed by atoms with Gasteiger partial charge in [0, 0.05) is 17.2 Å². The number of aryl methyl sites for hydroxylation is 1. The third kappa shape index (κ3) is 5.29. The van der Waals surface area contributed by atoms with E-state index in [-0.39, 0.29) is 34.7 Å². The summed E-state index contributed by atoms with van der Waals surface area (Å²) in [5, 5.41) is 10.7. The Labute approximate surface area is 199 Å². The molecule has 0 radical (unpaired) electrons. The fourth-order valence-corrected chi connectivity index (χ4v) is 3.56. The molecule has 0 amide bonds. The number of hydrogen-bond donors (Lipinski definition) is 2. The van der Waals surface area contributed by atoms with Gasteiger partial charge >= 0.3 is 6.18 Å². The van der Waals surface area contributed by atoms with Crippen LogP contribution in [0.25, 0.3) is 22.4 Å². The van der Waals surface area contributed by atoms with Gasteiger partial charge in [0.25, 0.3) is 0 Å². The first-order chi connectivity index (χ1) is 16.7. The highest BCUT2D eigenvalue weighted by molar-refractivity contribution is 5.86. The van der Waals surface area contributed by atoms with E-state index in [1.165, 1.54) is 43.5 Å². The molecule has 35 heavy (non-hydrogen) atoms. The van der Waals surface area contributed by atoms with Gasteiger partial charge in [0.2, 0.25) is 5.95 Å². The summed E-state index contributed by atoms with van der Waals surface area (Å²) in [7, 11) is 1.45. The fraction of sp³-hybridized carbons (Fsp3) is 0.154. The summed E-state index contributed by atoms with van der Waals surface area (Å²) in [6.07, 6.45) is -4.81. The molecule has 1 aromatic heterocycles. The second kappa shape index (κ2) is 9.54. The van der Waals surface area contributed by atoms with Crippen molar-refractivity contribution in [3.05, 3.63) is 83.6 Å². The van der Waals surface area contributed by atoms with E-state index in [1.54, 1.807) is 6.07 Å². The lowest BCUT2D eigenvalue weighted by atomic mass is 9.96. The Bertz CT molecular complexity index is 1340. The number of nitrogens with zero attached hydrogens (tertiary/aromatic N) is 2. The number of anilines is 1. The average molecular weight is 481 g/mol. The van der Waals surface area contributed by atoms with Crippen molar-refractivity contribution in [2.75, 3.05) is 12.8 Å². The second-order valence-corrected chi connectivity index (χ2v) is 7.83. The number of rotatable bonds is 6. The largest absolute Gasteiger partial charge is 0.507 e. The van der Waals surface area contributed by atoms with E-state index < -0.39 is 17.8 Å². The SMILES string of the molecule is COc1ccc(-c2c(-c3ccc(OCc4ccc(C)cc4)cc3O)nc(N)nc2C(F)(F)F)cc1. The number of hydrogen-bond acceptors (Lipinski definition) is 6. The Morgan fingerprint density at radius 2 is 1.57 bits per heavy atom. The van der Waals surface area contributed by atoms with Gasteiger partial charge < -0.3 is 20.3 Å². The van der Waals surface area contributed by atoms with Crippen molar-refractivity contribution in [2.24, 2.45) is 0 Å². The number of nitrogen functional groups attached to an aromatic ring is 1. The Morgan fingerprint density at radius 1 is 0.914 bits per heavy atom. The predicted octanol–water partition coefficient (Wildman–Crippen LogP) is 6.01. The van der Waals surface area contributed by atoms with Crippen LogP contribution < -0.4 is 15.2 Å². The topological polar surface area (TPSA) is 90.5 Å². The summed E-state index contributed by atoms with van der Waals surface area (Å²) >= 11 is 0. The molecule has 0 aliphatic carbocycles. The van der Waals surface area contributed by atoms with Crippen molar-refractivity contribution in [3.63, 3.8) is 0 Å². The average Bonchev–Trinajstić information content (AvgIpc) is 2.83. The summed E-state index contributed by atoms with van der Waals surface area (Å²) in [5.74, 6) is -0.0647. The minimum Gasteiger partial charge on any atom is -0.507 e. The molecular formula is C26H22F3N3O3. The van der Waals surface area contributed by atoms with Crippen molar-refractivity contribution >= 4 is 5.95 Å². The second-order valence-electron chi connectivity index (χ2n) is 7.83. The van der Waals surface area contributed by atoms with Crippen LogP contribution in [-0.4, -0.2) is 22.2 Å². The van der Waals surface area contributed by atoms with Crippen LogP contribution in [0.2, 0.25) is 0 Å². The van der Waals surface area contributed by atoms with Gasteiger partial charge in [0.05, 0.1) is 12.8 Å². The van der Waals surface area contributed by atoms with E-state index in [0.29, 0.717) is 11.5 Å². The van der Waals surface area contributed by atoms with E-state index in [9.17, 15) is 18.3 Å². The Kier molecular flexibility index (Phi) is 6.50. The Balaban J connectivity index is 1.76. The van der Waals surface area contributed by atoms with E-state index in [2.05, 4.69) is 9.97 Å². The smallest absolute Gasteiger partial charge is 0.434 e. The van der Waals surface area contributed by atoms with Crippen molar-refractivity contribution in [2.45, 2.75) is 19.7 Å². The quantitative estimate of drug-likeness (QED) is 0.350. The minimum atomic E-state index is -4.81. The molecule has 1 heterocycles. The number of halogens is 3. The molecule has 9 heteroatoms. The highest BCUT2D eigenvalue weighted by atomic mass is 19.4. The molecule has 6 nitrogen and oxygen atoms in total. The molecule has 4 rings (SSSR count). The number of ether oxygens (including phenoxy) is 2. The molecule has 3 N–H and O–H groups in total. The van der Waals surface area contributed by atoms with Crippen molar-refractivity contribution < 1.29 is 27.8 Å². The van der Waals surface area contributed by atoms with Crippen LogP contribution in [0.3, 0.4) is 0 Å². The maximum absolute atomic E-state index is 14.0. The van der Waals surface area contributed by atoms with Crippen molar-refractivity contribution in [3.8, 4) is 39.6 Å². The van der Waals surface area contributed by atoms with Crippen LogP contribution in [0.5, 0.6) is 17.2 Å². The molecule has 4 aromatic rings. The van der Waals surface area contributed by atoms with Crippen LogP contribution in [-0.2, 0) is 12.8 Å². The number of methoxy groups -OCH3 is 1. The summed E-state index contributed by atoms with van der Waals surface area (Å²) in [6, 6.07) is 18.0. The van der Waals surface area contributed by atoms with Gasteiger partial charge in [-0.25, -0.2) is 9.97 Å². The molecule has 180 valence electrons. The van der Waals surface area contributed by atoms with E-state index in [1.807, 2.05) is 31.2 Å². The summed E-state index contributed by atoms with van der Waals surface area (Å²) in [4.78, 5) is 7.53. The number of aromatic nitrogens is 2. The monoisotopic (exact) mass is 481 g/mol. The lowest BCUT2D eigenvalue weighted by Gasteiger charge is -2.18. The van der Waals surface area contributed by atoms with Gasteiger partial charge in [0.1, 0.15) is 23.9 Å². The molecular weight excluding hydrogens is 459 g/mol. The number of nitrogens with two attached hydrogens (primary N) is 1. The minimum absolute atomic E-state index is 0.0538. The van der Waals surface area contributed by atoms with Crippen molar-refractivity contribution in [1.82, 2.24) is 9.97 Å². The van der Waals surface area contributed by atoms with Gasteiger partial charge in [-0.2, -0.15) is 13.2 Å². The Morgan fingerprint density at radius 3 is 2.17 bits per heavy atom. The predicted molar refractivity (Wildman–Crippen MR) is 126 cm³/mol. The first-order valence-corrected chi connectivity index (χ1v) is 10.6. The first-order valence-electron chi connectivity index (χ1n) is 10.6. The maximum atomic E-state index is 14.0.